The first-order valence-corrected chi connectivity index (χ1v) is 6.12. The van der Waals surface area contributed by atoms with Crippen molar-refractivity contribution in [2.45, 2.75) is 26.1 Å². The van der Waals surface area contributed by atoms with Gasteiger partial charge in [0.1, 0.15) is 0 Å². The summed E-state index contributed by atoms with van der Waals surface area (Å²) in [6.45, 7) is 2.58. The van der Waals surface area contributed by atoms with E-state index < -0.39 is 11.9 Å². The van der Waals surface area contributed by atoms with Crippen molar-refractivity contribution in [2.75, 3.05) is 12.4 Å². The summed E-state index contributed by atoms with van der Waals surface area (Å²) in [7, 11) is 1.47. The highest BCUT2D eigenvalue weighted by molar-refractivity contribution is 5.56. The molecule has 20 heavy (non-hydrogen) atoms. The number of rotatable bonds is 4. The van der Waals surface area contributed by atoms with Gasteiger partial charge < -0.3 is 5.32 Å². The predicted octanol–water partition coefficient (Wildman–Crippen LogP) is 2.81. The Labute approximate surface area is 113 Å². The van der Waals surface area contributed by atoms with Crippen molar-refractivity contribution in [3.63, 3.8) is 0 Å². The number of hydrogen-bond donors (Lipinski definition) is 1. The SMILES string of the molecule is CCCn1nccc1-c1cc(C(F)(F)F)nc(NC)n1. The molecule has 0 bridgehead atoms. The second-order valence-corrected chi connectivity index (χ2v) is 4.15. The van der Waals surface area contributed by atoms with Crippen LogP contribution in [0.5, 0.6) is 0 Å². The highest BCUT2D eigenvalue weighted by atomic mass is 19.4. The summed E-state index contributed by atoms with van der Waals surface area (Å²) in [6, 6.07) is 2.57. The molecule has 0 atom stereocenters. The highest BCUT2D eigenvalue weighted by Crippen LogP contribution is 2.31. The minimum atomic E-state index is -4.51. The predicted molar refractivity (Wildman–Crippen MR) is 68.1 cm³/mol. The molecule has 0 unspecified atom stereocenters. The lowest BCUT2D eigenvalue weighted by atomic mass is 10.2. The third kappa shape index (κ3) is 2.89. The Hall–Kier alpha value is -2.12. The number of halogens is 3. The fourth-order valence-corrected chi connectivity index (χ4v) is 1.78. The van der Waals surface area contributed by atoms with E-state index in [1.54, 1.807) is 16.9 Å². The van der Waals surface area contributed by atoms with E-state index in [1.807, 2.05) is 6.92 Å². The molecule has 0 aliphatic rings. The van der Waals surface area contributed by atoms with Gasteiger partial charge in [-0.1, -0.05) is 6.92 Å². The Kier molecular flexibility index (Phi) is 3.91. The van der Waals surface area contributed by atoms with Crippen LogP contribution in [0.25, 0.3) is 11.4 Å². The van der Waals surface area contributed by atoms with E-state index in [9.17, 15) is 13.2 Å². The summed E-state index contributed by atoms with van der Waals surface area (Å²) in [5.41, 5.74) is -0.241. The number of hydrogen-bond acceptors (Lipinski definition) is 4. The lowest BCUT2D eigenvalue weighted by Crippen LogP contribution is -2.12. The van der Waals surface area contributed by atoms with Crippen molar-refractivity contribution in [3.8, 4) is 11.4 Å². The first-order chi connectivity index (χ1) is 9.45. The van der Waals surface area contributed by atoms with Crippen molar-refractivity contribution < 1.29 is 13.2 Å². The van der Waals surface area contributed by atoms with Crippen molar-refractivity contribution in [1.29, 1.82) is 0 Å². The monoisotopic (exact) mass is 285 g/mol. The molecule has 0 aliphatic carbocycles. The molecule has 2 aromatic rings. The lowest BCUT2D eigenvalue weighted by Gasteiger charge is -2.11. The molecule has 2 heterocycles. The molecule has 0 aliphatic heterocycles. The molecule has 108 valence electrons. The molecule has 0 saturated heterocycles. The molecule has 2 aromatic heterocycles. The van der Waals surface area contributed by atoms with Gasteiger partial charge in [-0.3, -0.25) is 4.68 Å². The molecule has 0 fully saturated rings. The minimum absolute atomic E-state index is 0.0703. The van der Waals surface area contributed by atoms with Gasteiger partial charge >= 0.3 is 6.18 Å². The number of anilines is 1. The molecular formula is C12H14F3N5. The third-order valence-corrected chi connectivity index (χ3v) is 2.65. The third-order valence-electron chi connectivity index (χ3n) is 2.65. The van der Waals surface area contributed by atoms with Crippen molar-refractivity contribution in [3.05, 3.63) is 24.0 Å². The van der Waals surface area contributed by atoms with Crippen LogP contribution in [-0.2, 0) is 12.7 Å². The summed E-state index contributed by atoms with van der Waals surface area (Å²) in [6.07, 6.45) is -2.15. The molecule has 0 aromatic carbocycles. The zero-order valence-corrected chi connectivity index (χ0v) is 11.1. The smallest absolute Gasteiger partial charge is 0.357 e. The van der Waals surface area contributed by atoms with Gasteiger partial charge in [0.25, 0.3) is 0 Å². The average molecular weight is 285 g/mol. The second-order valence-electron chi connectivity index (χ2n) is 4.15. The van der Waals surface area contributed by atoms with Crippen LogP contribution in [0, 0.1) is 0 Å². The van der Waals surface area contributed by atoms with Gasteiger partial charge in [-0.25, -0.2) is 9.97 Å². The fraction of sp³-hybridized carbons (Fsp3) is 0.417. The van der Waals surface area contributed by atoms with E-state index in [2.05, 4.69) is 20.4 Å². The summed E-state index contributed by atoms with van der Waals surface area (Å²) in [5, 5.41) is 6.63. The zero-order chi connectivity index (χ0) is 14.8. The maximum atomic E-state index is 12.8. The number of nitrogens with one attached hydrogen (secondary N) is 1. The minimum Gasteiger partial charge on any atom is -0.357 e. The van der Waals surface area contributed by atoms with E-state index in [0.29, 0.717) is 12.2 Å². The molecule has 1 N–H and O–H groups in total. The van der Waals surface area contributed by atoms with Gasteiger partial charge in [0.15, 0.2) is 5.69 Å². The first kappa shape index (κ1) is 14.3. The Morgan fingerprint density at radius 1 is 1.30 bits per heavy atom. The van der Waals surface area contributed by atoms with Crippen LogP contribution >= 0.6 is 0 Å². The maximum Gasteiger partial charge on any atom is 0.433 e. The van der Waals surface area contributed by atoms with Gasteiger partial charge in [-0.2, -0.15) is 18.3 Å². The molecule has 2 rings (SSSR count). The number of aromatic nitrogens is 4. The van der Waals surface area contributed by atoms with Crippen molar-refractivity contribution >= 4 is 5.95 Å². The summed E-state index contributed by atoms with van der Waals surface area (Å²) in [5.74, 6) is -0.0703. The lowest BCUT2D eigenvalue weighted by molar-refractivity contribution is -0.141. The summed E-state index contributed by atoms with van der Waals surface area (Å²) >= 11 is 0. The van der Waals surface area contributed by atoms with Gasteiger partial charge in [-0.15, -0.1) is 0 Å². The fourth-order valence-electron chi connectivity index (χ4n) is 1.78. The van der Waals surface area contributed by atoms with Crippen LogP contribution in [0.4, 0.5) is 19.1 Å². The second kappa shape index (κ2) is 5.48. The molecule has 0 amide bonds. The molecule has 0 radical (unpaired) electrons. The maximum absolute atomic E-state index is 12.8. The van der Waals surface area contributed by atoms with Crippen LogP contribution in [0.2, 0.25) is 0 Å². The number of aryl methyl sites for hydroxylation is 1. The number of alkyl halides is 3. The quantitative estimate of drug-likeness (QED) is 0.938. The van der Waals surface area contributed by atoms with Gasteiger partial charge in [0.05, 0.1) is 11.4 Å². The average Bonchev–Trinajstić information content (AvgIpc) is 2.86. The Morgan fingerprint density at radius 2 is 2.05 bits per heavy atom. The first-order valence-electron chi connectivity index (χ1n) is 6.12. The Morgan fingerprint density at radius 3 is 2.65 bits per heavy atom. The van der Waals surface area contributed by atoms with Crippen molar-refractivity contribution in [2.24, 2.45) is 0 Å². The van der Waals surface area contributed by atoms with Gasteiger partial charge in [0, 0.05) is 19.8 Å². The van der Waals surface area contributed by atoms with E-state index in [4.69, 9.17) is 0 Å². The van der Waals surface area contributed by atoms with E-state index in [1.165, 1.54) is 7.05 Å². The largest absolute Gasteiger partial charge is 0.433 e. The summed E-state index contributed by atoms with van der Waals surface area (Å²) in [4.78, 5) is 7.50. The highest BCUT2D eigenvalue weighted by Gasteiger charge is 2.34. The van der Waals surface area contributed by atoms with Crippen LogP contribution < -0.4 is 5.32 Å². The number of nitrogens with zero attached hydrogens (tertiary/aromatic N) is 4. The molecule has 0 spiro atoms. The molecule has 8 heteroatoms. The standard InChI is InChI=1S/C12H14F3N5/c1-3-6-20-9(4-5-17-20)8-7-10(12(13,14)15)19-11(16-2)18-8/h4-5,7H,3,6H2,1-2H3,(H,16,18,19). The Balaban J connectivity index is 2.53. The van der Waals surface area contributed by atoms with E-state index in [0.717, 1.165) is 12.5 Å². The molecule has 0 saturated carbocycles. The van der Waals surface area contributed by atoms with Crippen LogP contribution in [0.1, 0.15) is 19.0 Å². The molecule has 5 nitrogen and oxygen atoms in total. The van der Waals surface area contributed by atoms with Crippen LogP contribution in [0.3, 0.4) is 0 Å². The van der Waals surface area contributed by atoms with E-state index >= 15 is 0 Å². The van der Waals surface area contributed by atoms with Crippen LogP contribution in [-0.4, -0.2) is 26.8 Å². The summed E-state index contributed by atoms with van der Waals surface area (Å²) < 4.78 is 40.1. The van der Waals surface area contributed by atoms with Gasteiger partial charge in [0.2, 0.25) is 5.95 Å². The molecular weight excluding hydrogens is 271 g/mol. The van der Waals surface area contributed by atoms with Crippen LogP contribution in [0.15, 0.2) is 18.3 Å². The zero-order valence-electron chi connectivity index (χ0n) is 11.1. The topological polar surface area (TPSA) is 55.6 Å². The Bertz CT molecular complexity index is 591. The van der Waals surface area contributed by atoms with Crippen molar-refractivity contribution in [1.82, 2.24) is 19.7 Å². The van der Waals surface area contributed by atoms with E-state index in [-0.39, 0.29) is 11.6 Å². The normalized spacial score (nSPS) is 11.7. The van der Waals surface area contributed by atoms with Gasteiger partial charge in [-0.05, 0) is 18.6 Å².